The second kappa shape index (κ2) is 5.07. The number of nitrogens with zero attached hydrogens (tertiary/aromatic N) is 1. The van der Waals surface area contributed by atoms with Crippen molar-refractivity contribution in [3.8, 4) is 11.3 Å². The van der Waals surface area contributed by atoms with Crippen LogP contribution in [0.5, 0.6) is 0 Å². The average Bonchev–Trinajstić information content (AvgIpc) is 2.61. The molecule has 0 bridgehead atoms. The van der Waals surface area contributed by atoms with E-state index in [0.717, 1.165) is 4.47 Å². The zero-order valence-electron chi connectivity index (χ0n) is 10.1. The number of aromatic amines is 1. The third kappa shape index (κ3) is 2.26. The molecule has 0 spiro atoms. The highest BCUT2D eigenvalue weighted by Crippen LogP contribution is 2.26. The Labute approximate surface area is 112 Å². The van der Waals surface area contributed by atoms with Gasteiger partial charge in [-0.2, -0.15) is 0 Å². The van der Waals surface area contributed by atoms with Crippen LogP contribution >= 0.6 is 15.9 Å². The lowest BCUT2D eigenvalue weighted by atomic mass is 10.1. The third-order valence-corrected chi connectivity index (χ3v) is 3.19. The summed E-state index contributed by atoms with van der Waals surface area (Å²) in [7, 11) is 3.36. The largest absolute Gasteiger partial charge is 0.315 e. The maximum Gasteiger partial charge on any atom is 0.271 e. The standard InChI is InChI=1S/C12H13BrFN3O/c1-15-6-9-11(16-17(2)12(9)18)8-5-7(13)3-4-10(8)14/h3-5,15-16H,6H2,1-2H3. The van der Waals surface area contributed by atoms with E-state index in [9.17, 15) is 9.18 Å². The van der Waals surface area contributed by atoms with E-state index in [0.29, 0.717) is 23.4 Å². The molecule has 4 nitrogen and oxygen atoms in total. The molecule has 96 valence electrons. The van der Waals surface area contributed by atoms with Crippen LogP contribution in [-0.4, -0.2) is 16.8 Å². The Hall–Kier alpha value is -1.40. The van der Waals surface area contributed by atoms with Gasteiger partial charge in [0.05, 0.1) is 11.3 Å². The van der Waals surface area contributed by atoms with Crippen LogP contribution in [0, 0.1) is 5.82 Å². The van der Waals surface area contributed by atoms with Gasteiger partial charge in [-0.15, -0.1) is 0 Å². The lowest BCUT2D eigenvalue weighted by Crippen LogP contribution is -2.19. The molecule has 0 fully saturated rings. The smallest absolute Gasteiger partial charge is 0.271 e. The van der Waals surface area contributed by atoms with Crippen LogP contribution < -0.4 is 10.9 Å². The summed E-state index contributed by atoms with van der Waals surface area (Å²) in [6.07, 6.45) is 0. The van der Waals surface area contributed by atoms with E-state index >= 15 is 0 Å². The first kappa shape index (κ1) is 13.0. The van der Waals surface area contributed by atoms with Gasteiger partial charge in [-0.1, -0.05) is 15.9 Å². The molecule has 1 aromatic heterocycles. The molecular formula is C12H13BrFN3O. The fraction of sp³-hybridized carbons (Fsp3) is 0.250. The molecule has 0 amide bonds. The quantitative estimate of drug-likeness (QED) is 0.910. The van der Waals surface area contributed by atoms with E-state index < -0.39 is 0 Å². The molecule has 0 aliphatic carbocycles. The van der Waals surface area contributed by atoms with Crippen molar-refractivity contribution in [1.82, 2.24) is 15.1 Å². The lowest BCUT2D eigenvalue weighted by molar-refractivity contribution is 0.629. The molecule has 2 N–H and O–H groups in total. The summed E-state index contributed by atoms with van der Waals surface area (Å²) in [4.78, 5) is 11.9. The number of rotatable bonds is 3. The number of benzene rings is 1. The number of aromatic nitrogens is 2. The Bertz CT molecular complexity index is 633. The van der Waals surface area contributed by atoms with Crippen LogP contribution in [0.15, 0.2) is 27.5 Å². The average molecular weight is 314 g/mol. The molecular weight excluding hydrogens is 301 g/mol. The zero-order chi connectivity index (χ0) is 13.3. The number of halogens is 2. The molecule has 0 saturated heterocycles. The molecule has 18 heavy (non-hydrogen) atoms. The van der Waals surface area contributed by atoms with E-state index in [2.05, 4.69) is 26.3 Å². The minimum Gasteiger partial charge on any atom is -0.315 e. The number of H-pyrrole nitrogens is 1. The van der Waals surface area contributed by atoms with Crippen LogP contribution in [0.2, 0.25) is 0 Å². The van der Waals surface area contributed by atoms with E-state index in [4.69, 9.17) is 0 Å². The number of hydrogen-bond donors (Lipinski definition) is 2. The van der Waals surface area contributed by atoms with Crippen molar-refractivity contribution < 1.29 is 4.39 Å². The van der Waals surface area contributed by atoms with Crippen molar-refractivity contribution >= 4 is 15.9 Å². The topological polar surface area (TPSA) is 49.8 Å². The van der Waals surface area contributed by atoms with Crippen molar-refractivity contribution in [1.29, 1.82) is 0 Å². The van der Waals surface area contributed by atoms with Crippen molar-refractivity contribution in [2.45, 2.75) is 6.54 Å². The van der Waals surface area contributed by atoms with Crippen LogP contribution in [0.1, 0.15) is 5.56 Å². The highest BCUT2D eigenvalue weighted by molar-refractivity contribution is 9.10. The summed E-state index contributed by atoms with van der Waals surface area (Å²) >= 11 is 3.30. The Kier molecular flexibility index (Phi) is 3.68. The highest BCUT2D eigenvalue weighted by atomic mass is 79.9. The first-order valence-corrected chi connectivity index (χ1v) is 6.21. The second-order valence-electron chi connectivity index (χ2n) is 3.98. The highest BCUT2D eigenvalue weighted by Gasteiger charge is 2.16. The van der Waals surface area contributed by atoms with E-state index in [1.165, 1.54) is 10.7 Å². The fourth-order valence-corrected chi connectivity index (χ4v) is 2.21. The summed E-state index contributed by atoms with van der Waals surface area (Å²) in [5, 5.41) is 5.80. The second-order valence-corrected chi connectivity index (χ2v) is 4.90. The maximum absolute atomic E-state index is 13.8. The van der Waals surface area contributed by atoms with E-state index in [1.807, 2.05) is 0 Å². The SMILES string of the molecule is CNCc1c(-c2cc(Br)ccc2F)[nH]n(C)c1=O. The Morgan fingerprint density at radius 2 is 2.22 bits per heavy atom. The predicted octanol–water partition coefficient (Wildman–Crippen LogP) is 2.00. The molecule has 0 aliphatic rings. The normalized spacial score (nSPS) is 10.9. The molecule has 0 aliphatic heterocycles. The van der Waals surface area contributed by atoms with Crippen molar-refractivity contribution in [2.75, 3.05) is 7.05 Å². The molecule has 6 heteroatoms. The van der Waals surface area contributed by atoms with Crippen molar-refractivity contribution in [3.05, 3.63) is 44.4 Å². The summed E-state index contributed by atoms with van der Waals surface area (Å²) in [5.74, 6) is -0.364. The molecule has 1 aromatic carbocycles. The first-order valence-electron chi connectivity index (χ1n) is 5.42. The number of aryl methyl sites for hydroxylation is 1. The number of hydrogen-bond acceptors (Lipinski definition) is 2. The van der Waals surface area contributed by atoms with Gasteiger partial charge in [0.25, 0.3) is 5.56 Å². The minimum absolute atomic E-state index is 0.154. The molecule has 0 radical (unpaired) electrons. The number of nitrogens with one attached hydrogen (secondary N) is 2. The Morgan fingerprint density at radius 1 is 1.50 bits per heavy atom. The Balaban J connectivity index is 2.67. The van der Waals surface area contributed by atoms with Crippen LogP contribution in [-0.2, 0) is 13.6 Å². The zero-order valence-corrected chi connectivity index (χ0v) is 11.6. The van der Waals surface area contributed by atoms with Gasteiger partial charge in [0.15, 0.2) is 0 Å². The van der Waals surface area contributed by atoms with Crippen LogP contribution in [0.4, 0.5) is 4.39 Å². The van der Waals surface area contributed by atoms with Gasteiger partial charge in [0, 0.05) is 23.6 Å². The summed E-state index contributed by atoms with van der Waals surface area (Å²) < 4.78 is 16.0. The molecule has 0 saturated carbocycles. The minimum atomic E-state index is -0.364. The molecule has 2 aromatic rings. The van der Waals surface area contributed by atoms with E-state index in [-0.39, 0.29) is 11.4 Å². The van der Waals surface area contributed by atoms with Gasteiger partial charge in [-0.25, -0.2) is 4.39 Å². The van der Waals surface area contributed by atoms with E-state index in [1.54, 1.807) is 26.2 Å². The monoisotopic (exact) mass is 313 g/mol. The Morgan fingerprint density at radius 3 is 2.89 bits per heavy atom. The molecule has 0 unspecified atom stereocenters. The van der Waals surface area contributed by atoms with Crippen molar-refractivity contribution in [3.63, 3.8) is 0 Å². The lowest BCUT2D eigenvalue weighted by Gasteiger charge is -2.04. The molecule has 2 rings (SSSR count). The van der Waals surface area contributed by atoms with Gasteiger partial charge in [0.2, 0.25) is 0 Å². The van der Waals surface area contributed by atoms with Crippen LogP contribution in [0.3, 0.4) is 0 Å². The van der Waals surface area contributed by atoms with Gasteiger partial charge in [-0.05, 0) is 25.2 Å². The summed E-state index contributed by atoms with van der Waals surface area (Å²) in [6, 6.07) is 4.64. The van der Waals surface area contributed by atoms with Crippen molar-refractivity contribution in [2.24, 2.45) is 7.05 Å². The predicted molar refractivity (Wildman–Crippen MR) is 71.9 cm³/mol. The molecule has 0 atom stereocenters. The third-order valence-electron chi connectivity index (χ3n) is 2.70. The maximum atomic E-state index is 13.8. The van der Waals surface area contributed by atoms with Gasteiger partial charge in [0.1, 0.15) is 5.82 Å². The van der Waals surface area contributed by atoms with Gasteiger partial charge < -0.3 is 5.32 Å². The summed E-state index contributed by atoms with van der Waals surface area (Å²) in [5.41, 5.74) is 1.26. The van der Waals surface area contributed by atoms with Gasteiger partial charge >= 0.3 is 0 Å². The fourth-order valence-electron chi connectivity index (χ4n) is 1.85. The summed E-state index contributed by atoms with van der Waals surface area (Å²) in [6.45, 7) is 0.386. The van der Waals surface area contributed by atoms with Crippen LogP contribution in [0.25, 0.3) is 11.3 Å². The van der Waals surface area contributed by atoms with Gasteiger partial charge in [-0.3, -0.25) is 14.6 Å². The first-order chi connectivity index (χ1) is 8.54. The molecule has 1 heterocycles.